The number of aromatic amines is 1. The normalized spacial score (nSPS) is 17.5. The van der Waals surface area contributed by atoms with E-state index < -0.39 is 11.9 Å². The Labute approximate surface area is 131 Å². The van der Waals surface area contributed by atoms with Gasteiger partial charge in [-0.25, -0.2) is 0 Å². The highest BCUT2D eigenvalue weighted by atomic mass is 16.5. The number of methoxy groups -OCH3 is 1. The number of carbonyl (C=O) groups is 3. The number of hydrogen-bond acceptors (Lipinski definition) is 5. The van der Waals surface area contributed by atoms with Crippen LogP contribution in [0.25, 0.3) is 10.9 Å². The third-order valence-corrected chi connectivity index (χ3v) is 3.84. The van der Waals surface area contributed by atoms with Crippen LogP contribution in [-0.2, 0) is 19.1 Å². The van der Waals surface area contributed by atoms with Gasteiger partial charge in [-0.3, -0.25) is 24.4 Å². The topological polar surface area (TPSA) is 104 Å². The average molecular weight is 316 g/mol. The number of nitrogens with one attached hydrogen (secondary N) is 2. The van der Waals surface area contributed by atoms with Crippen LogP contribution in [0.2, 0.25) is 0 Å². The molecule has 8 heteroatoms. The van der Waals surface area contributed by atoms with Crippen LogP contribution in [0.5, 0.6) is 0 Å². The maximum Gasteiger partial charge on any atom is 0.325 e. The lowest BCUT2D eigenvalue weighted by molar-refractivity contribution is -0.141. The second kappa shape index (κ2) is 6.07. The maximum absolute atomic E-state index is 12.2. The van der Waals surface area contributed by atoms with Gasteiger partial charge in [0.25, 0.3) is 0 Å². The highest BCUT2D eigenvalue weighted by Crippen LogP contribution is 2.29. The van der Waals surface area contributed by atoms with Crippen molar-refractivity contribution in [2.24, 2.45) is 5.92 Å². The molecule has 1 atom stereocenters. The Hall–Kier alpha value is -2.90. The van der Waals surface area contributed by atoms with E-state index >= 15 is 0 Å². The zero-order chi connectivity index (χ0) is 16.4. The molecular formula is C15H16N4O4. The number of aromatic nitrogens is 2. The van der Waals surface area contributed by atoms with Crippen LogP contribution >= 0.6 is 0 Å². The van der Waals surface area contributed by atoms with Crippen molar-refractivity contribution in [2.45, 2.75) is 6.42 Å². The molecule has 2 amide bonds. The Morgan fingerprint density at radius 3 is 3.00 bits per heavy atom. The van der Waals surface area contributed by atoms with Gasteiger partial charge in [-0.05, 0) is 12.1 Å². The molecule has 1 aliphatic rings. The first-order valence-corrected chi connectivity index (χ1v) is 7.18. The molecule has 23 heavy (non-hydrogen) atoms. The summed E-state index contributed by atoms with van der Waals surface area (Å²) in [4.78, 5) is 36.9. The van der Waals surface area contributed by atoms with Crippen LogP contribution in [0.15, 0.2) is 24.3 Å². The molecule has 0 bridgehead atoms. The van der Waals surface area contributed by atoms with E-state index in [1.807, 2.05) is 24.3 Å². The molecule has 1 aromatic heterocycles. The molecule has 8 nitrogen and oxygen atoms in total. The van der Waals surface area contributed by atoms with Crippen LogP contribution in [0, 0.1) is 5.92 Å². The Kier molecular flexibility index (Phi) is 3.96. The minimum absolute atomic E-state index is 0.0915. The van der Waals surface area contributed by atoms with Crippen molar-refractivity contribution in [1.82, 2.24) is 15.5 Å². The first kappa shape index (κ1) is 15.0. The van der Waals surface area contributed by atoms with Gasteiger partial charge in [0.1, 0.15) is 6.54 Å². The molecule has 2 heterocycles. The summed E-state index contributed by atoms with van der Waals surface area (Å²) >= 11 is 0. The monoisotopic (exact) mass is 316 g/mol. The minimum Gasteiger partial charge on any atom is -0.468 e. The van der Waals surface area contributed by atoms with Crippen LogP contribution in [0.3, 0.4) is 0 Å². The van der Waals surface area contributed by atoms with Crippen molar-refractivity contribution in [1.29, 1.82) is 0 Å². The van der Waals surface area contributed by atoms with Crippen molar-refractivity contribution < 1.29 is 19.1 Å². The molecule has 120 valence electrons. The second-order valence-corrected chi connectivity index (χ2v) is 5.29. The molecule has 1 aromatic carbocycles. The number of H-pyrrole nitrogens is 1. The van der Waals surface area contributed by atoms with E-state index in [0.717, 1.165) is 10.9 Å². The number of nitrogens with zero attached hydrogens (tertiary/aromatic N) is 2. The average Bonchev–Trinajstić information content (AvgIpc) is 3.15. The van der Waals surface area contributed by atoms with Gasteiger partial charge in [0.05, 0.1) is 18.5 Å². The lowest BCUT2D eigenvalue weighted by atomic mass is 10.1. The van der Waals surface area contributed by atoms with Gasteiger partial charge >= 0.3 is 5.97 Å². The molecular weight excluding hydrogens is 300 g/mol. The van der Waals surface area contributed by atoms with Crippen LogP contribution in [-0.4, -0.2) is 48.2 Å². The SMILES string of the molecule is COC(=O)CNC(=O)[C@@H]1CC(=O)N(c2n[nH]c3ccccc23)C1. The predicted molar refractivity (Wildman–Crippen MR) is 81.6 cm³/mol. The number of benzene rings is 1. The summed E-state index contributed by atoms with van der Waals surface area (Å²) in [6, 6.07) is 7.47. The number of rotatable bonds is 4. The van der Waals surface area contributed by atoms with E-state index in [-0.39, 0.29) is 31.3 Å². The summed E-state index contributed by atoms with van der Waals surface area (Å²) in [7, 11) is 1.25. The fourth-order valence-electron chi connectivity index (χ4n) is 2.62. The number of carbonyl (C=O) groups excluding carboxylic acids is 3. The molecule has 0 aliphatic carbocycles. The lowest BCUT2D eigenvalue weighted by Crippen LogP contribution is -2.36. The highest BCUT2D eigenvalue weighted by Gasteiger charge is 2.36. The van der Waals surface area contributed by atoms with Gasteiger partial charge in [0.2, 0.25) is 11.8 Å². The fraction of sp³-hybridized carbons (Fsp3) is 0.333. The van der Waals surface area contributed by atoms with Crippen LogP contribution in [0.4, 0.5) is 5.82 Å². The van der Waals surface area contributed by atoms with Gasteiger partial charge in [-0.1, -0.05) is 12.1 Å². The zero-order valence-corrected chi connectivity index (χ0v) is 12.5. The largest absolute Gasteiger partial charge is 0.468 e. The number of anilines is 1. The van der Waals surface area contributed by atoms with Crippen molar-refractivity contribution in [2.75, 3.05) is 25.1 Å². The molecule has 1 fully saturated rings. The number of ether oxygens (including phenoxy) is 1. The summed E-state index contributed by atoms with van der Waals surface area (Å²) in [5, 5.41) is 10.4. The van der Waals surface area contributed by atoms with Gasteiger partial charge in [-0.15, -0.1) is 0 Å². The molecule has 0 radical (unpaired) electrons. The molecule has 1 aliphatic heterocycles. The van der Waals surface area contributed by atoms with E-state index in [9.17, 15) is 14.4 Å². The van der Waals surface area contributed by atoms with Crippen molar-refractivity contribution >= 4 is 34.5 Å². The number of hydrogen-bond donors (Lipinski definition) is 2. The van der Waals surface area contributed by atoms with Crippen LogP contribution in [0.1, 0.15) is 6.42 Å². The second-order valence-electron chi connectivity index (χ2n) is 5.29. The molecule has 0 unspecified atom stereocenters. The third-order valence-electron chi connectivity index (χ3n) is 3.84. The third kappa shape index (κ3) is 2.87. The first-order chi connectivity index (χ1) is 11.1. The van der Waals surface area contributed by atoms with Crippen LogP contribution < -0.4 is 10.2 Å². The number of para-hydroxylation sites is 1. The Balaban J connectivity index is 1.72. The summed E-state index contributed by atoms with van der Waals surface area (Å²) in [6.45, 7) is 0.0338. The molecule has 3 rings (SSSR count). The smallest absolute Gasteiger partial charge is 0.325 e. The molecule has 2 N–H and O–H groups in total. The summed E-state index contributed by atoms with van der Waals surface area (Å²) in [6.07, 6.45) is 0.0915. The van der Waals surface area contributed by atoms with Crippen molar-refractivity contribution in [3.05, 3.63) is 24.3 Å². The number of fused-ring (bicyclic) bond motifs is 1. The van der Waals surface area contributed by atoms with Gasteiger partial charge in [0.15, 0.2) is 5.82 Å². The maximum atomic E-state index is 12.2. The van der Waals surface area contributed by atoms with Gasteiger partial charge in [0, 0.05) is 18.4 Å². The number of esters is 1. The molecule has 0 spiro atoms. The van der Waals surface area contributed by atoms with E-state index in [2.05, 4.69) is 20.3 Å². The zero-order valence-electron chi connectivity index (χ0n) is 12.5. The van der Waals surface area contributed by atoms with E-state index in [1.165, 1.54) is 12.0 Å². The standard InChI is InChI=1S/C15H16N4O4/c1-23-13(21)7-16-15(22)9-6-12(20)19(8-9)14-10-4-2-3-5-11(10)17-18-14/h2-5,9H,6-8H2,1H3,(H,16,22)(H,17,18)/t9-/m1/s1. The molecule has 0 saturated carbocycles. The first-order valence-electron chi connectivity index (χ1n) is 7.18. The van der Waals surface area contributed by atoms with E-state index in [4.69, 9.17) is 0 Å². The summed E-state index contributed by atoms with van der Waals surface area (Å²) in [5.74, 6) is -1.03. The quantitative estimate of drug-likeness (QED) is 0.784. The van der Waals surface area contributed by atoms with Gasteiger partial charge in [-0.2, -0.15) is 5.10 Å². The van der Waals surface area contributed by atoms with Gasteiger partial charge < -0.3 is 10.1 Å². The Bertz CT molecular complexity index is 770. The molecule has 1 saturated heterocycles. The van der Waals surface area contributed by atoms with E-state index in [1.54, 1.807) is 0 Å². The summed E-state index contributed by atoms with van der Waals surface area (Å²) in [5.41, 5.74) is 0.828. The Morgan fingerprint density at radius 1 is 1.43 bits per heavy atom. The minimum atomic E-state index is -0.530. The molecule has 2 aromatic rings. The lowest BCUT2D eigenvalue weighted by Gasteiger charge is -2.14. The summed E-state index contributed by atoms with van der Waals surface area (Å²) < 4.78 is 4.47. The van der Waals surface area contributed by atoms with Crippen molar-refractivity contribution in [3.63, 3.8) is 0 Å². The van der Waals surface area contributed by atoms with Crippen molar-refractivity contribution in [3.8, 4) is 0 Å². The predicted octanol–water partition coefficient (Wildman–Crippen LogP) is 0.205. The number of amides is 2. The fourth-order valence-corrected chi connectivity index (χ4v) is 2.62. The van der Waals surface area contributed by atoms with E-state index in [0.29, 0.717) is 5.82 Å². The Morgan fingerprint density at radius 2 is 2.22 bits per heavy atom. The highest BCUT2D eigenvalue weighted by molar-refractivity contribution is 6.05.